The smallest absolute Gasteiger partial charge is 0.313 e. The van der Waals surface area contributed by atoms with Crippen molar-refractivity contribution >= 4 is 11.9 Å². The molecule has 0 aromatic heterocycles. The van der Waals surface area contributed by atoms with Crippen molar-refractivity contribution in [2.24, 2.45) is 34.0 Å². The van der Waals surface area contributed by atoms with Crippen molar-refractivity contribution in [3.05, 3.63) is 0 Å². The lowest BCUT2D eigenvalue weighted by Crippen LogP contribution is -2.58. The van der Waals surface area contributed by atoms with Crippen LogP contribution in [0.1, 0.15) is 95.4 Å². The summed E-state index contributed by atoms with van der Waals surface area (Å²) < 4.78 is 11.4. The number of hydrogen-bond acceptors (Lipinski definition) is 4. The van der Waals surface area contributed by atoms with Crippen LogP contribution in [0.4, 0.5) is 0 Å². The molecule has 1 atom stereocenters. The maximum absolute atomic E-state index is 13.7. The Bertz CT molecular complexity index is 503. The van der Waals surface area contributed by atoms with Crippen LogP contribution in [-0.4, -0.2) is 25.2 Å². The Morgan fingerprint density at radius 1 is 0.821 bits per heavy atom. The number of ether oxygens (including phenoxy) is 2. The molecule has 0 aliphatic rings. The highest BCUT2D eigenvalue weighted by Crippen LogP contribution is 2.60. The fourth-order valence-corrected chi connectivity index (χ4v) is 4.17. The van der Waals surface area contributed by atoms with Crippen LogP contribution in [0.3, 0.4) is 0 Å². The summed E-state index contributed by atoms with van der Waals surface area (Å²) in [5, 5.41) is 0. The Morgan fingerprint density at radius 2 is 1.29 bits per heavy atom. The summed E-state index contributed by atoms with van der Waals surface area (Å²) in [5.41, 5.74) is -1.83. The molecule has 4 nitrogen and oxygen atoms in total. The minimum atomic E-state index is -0.965. The number of carbonyl (C=O) groups is 2. The normalized spacial score (nSPS) is 15.1. The van der Waals surface area contributed by atoms with Gasteiger partial charge in [0, 0.05) is 0 Å². The van der Waals surface area contributed by atoms with Gasteiger partial charge in [-0.3, -0.25) is 9.59 Å². The van der Waals surface area contributed by atoms with Crippen molar-refractivity contribution in [2.75, 3.05) is 13.2 Å². The zero-order valence-corrected chi connectivity index (χ0v) is 20.4. The number of carbonyl (C=O) groups excluding carboxylic acids is 2. The van der Waals surface area contributed by atoms with Gasteiger partial charge in [0.15, 0.2) is 0 Å². The van der Waals surface area contributed by atoms with Crippen LogP contribution in [0, 0.1) is 34.0 Å². The standard InChI is InChI=1S/C24H46O4/c1-12-13-22(8,9)24(23(10,11)19(6)7,21(26)28-16-18(4)5)14-20(25)27-15-17(2)3/h17-19H,12-16H2,1-11H3. The summed E-state index contributed by atoms with van der Waals surface area (Å²) in [6.45, 7) is 23.6. The second kappa shape index (κ2) is 10.6. The first kappa shape index (κ1) is 26.9. The van der Waals surface area contributed by atoms with Crippen molar-refractivity contribution in [1.29, 1.82) is 0 Å². The molecule has 0 bridgehead atoms. The topological polar surface area (TPSA) is 52.6 Å². The summed E-state index contributed by atoms with van der Waals surface area (Å²) in [6.07, 6.45) is 1.81. The number of hydrogen-bond donors (Lipinski definition) is 0. The average molecular weight is 399 g/mol. The summed E-state index contributed by atoms with van der Waals surface area (Å²) in [6, 6.07) is 0. The van der Waals surface area contributed by atoms with Crippen LogP contribution in [0.15, 0.2) is 0 Å². The molecule has 166 valence electrons. The van der Waals surface area contributed by atoms with Gasteiger partial charge < -0.3 is 9.47 Å². The molecule has 0 amide bonds. The Balaban J connectivity index is 6.36. The fourth-order valence-electron chi connectivity index (χ4n) is 4.17. The molecule has 0 aliphatic heterocycles. The monoisotopic (exact) mass is 398 g/mol. The van der Waals surface area contributed by atoms with Gasteiger partial charge in [-0.1, -0.05) is 82.6 Å². The van der Waals surface area contributed by atoms with E-state index >= 15 is 0 Å². The highest BCUT2D eigenvalue weighted by molar-refractivity contribution is 5.85. The minimum Gasteiger partial charge on any atom is -0.465 e. The zero-order chi connectivity index (χ0) is 22.3. The van der Waals surface area contributed by atoms with Gasteiger partial charge in [0.1, 0.15) is 0 Å². The van der Waals surface area contributed by atoms with Gasteiger partial charge in [-0.25, -0.2) is 0 Å². The molecule has 4 heteroatoms. The largest absolute Gasteiger partial charge is 0.465 e. The van der Waals surface area contributed by atoms with Gasteiger partial charge in [0.05, 0.1) is 25.0 Å². The minimum absolute atomic E-state index is 0.0504. The van der Waals surface area contributed by atoms with Crippen LogP contribution >= 0.6 is 0 Å². The third-order valence-corrected chi connectivity index (χ3v) is 6.46. The first-order chi connectivity index (χ1) is 12.7. The molecular formula is C24H46O4. The van der Waals surface area contributed by atoms with Gasteiger partial charge in [-0.2, -0.15) is 0 Å². The van der Waals surface area contributed by atoms with Crippen molar-refractivity contribution in [1.82, 2.24) is 0 Å². The zero-order valence-electron chi connectivity index (χ0n) is 20.4. The highest BCUT2D eigenvalue weighted by atomic mass is 16.5. The van der Waals surface area contributed by atoms with Gasteiger partial charge in [-0.15, -0.1) is 0 Å². The van der Waals surface area contributed by atoms with E-state index in [4.69, 9.17) is 9.47 Å². The van der Waals surface area contributed by atoms with Gasteiger partial charge in [0.25, 0.3) is 0 Å². The van der Waals surface area contributed by atoms with Gasteiger partial charge >= 0.3 is 11.9 Å². The second-order valence-electron chi connectivity index (χ2n) is 10.7. The molecule has 28 heavy (non-hydrogen) atoms. The van der Waals surface area contributed by atoms with E-state index in [0.717, 1.165) is 12.8 Å². The molecule has 0 heterocycles. The van der Waals surface area contributed by atoms with Crippen molar-refractivity contribution in [3.8, 4) is 0 Å². The van der Waals surface area contributed by atoms with E-state index in [1.54, 1.807) is 0 Å². The second-order valence-corrected chi connectivity index (χ2v) is 10.7. The lowest BCUT2D eigenvalue weighted by Gasteiger charge is -2.55. The Labute approximate surface area is 174 Å². The van der Waals surface area contributed by atoms with E-state index in [2.05, 4.69) is 48.5 Å². The maximum atomic E-state index is 13.7. The predicted octanol–water partition coefficient (Wildman–Crippen LogP) is 6.27. The highest BCUT2D eigenvalue weighted by Gasteiger charge is 2.62. The van der Waals surface area contributed by atoms with Crippen LogP contribution < -0.4 is 0 Å². The van der Waals surface area contributed by atoms with Crippen molar-refractivity contribution in [2.45, 2.75) is 95.4 Å². The molecule has 0 aromatic rings. The van der Waals surface area contributed by atoms with Crippen molar-refractivity contribution in [3.63, 3.8) is 0 Å². The average Bonchev–Trinajstić information content (AvgIpc) is 2.54. The Kier molecular flexibility index (Phi) is 10.2. The fraction of sp³-hybridized carbons (Fsp3) is 0.917. The molecule has 0 aliphatic carbocycles. The van der Waals surface area contributed by atoms with E-state index in [1.807, 2.05) is 27.7 Å². The molecule has 0 saturated carbocycles. The molecular weight excluding hydrogens is 352 g/mol. The molecule has 0 N–H and O–H groups in total. The number of esters is 2. The Hall–Kier alpha value is -1.06. The predicted molar refractivity (Wildman–Crippen MR) is 116 cm³/mol. The summed E-state index contributed by atoms with van der Waals surface area (Å²) in [5.74, 6) is 0.111. The third kappa shape index (κ3) is 6.22. The van der Waals surface area contributed by atoms with Crippen molar-refractivity contribution < 1.29 is 19.1 Å². The Morgan fingerprint density at radius 3 is 1.68 bits per heavy atom. The van der Waals surface area contributed by atoms with Crippen LogP contribution in [-0.2, 0) is 19.1 Å². The lowest BCUT2D eigenvalue weighted by atomic mass is 9.47. The molecule has 1 unspecified atom stereocenters. The summed E-state index contributed by atoms with van der Waals surface area (Å²) in [4.78, 5) is 26.6. The SMILES string of the molecule is CCCC(C)(C)C(CC(=O)OCC(C)C)(C(=O)OCC(C)C)C(C)(C)C(C)C. The first-order valence-corrected chi connectivity index (χ1v) is 11.0. The molecule has 0 fully saturated rings. The molecule has 0 rings (SSSR count). The maximum Gasteiger partial charge on any atom is 0.313 e. The van der Waals surface area contributed by atoms with Crippen LogP contribution in [0.25, 0.3) is 0 Å². The molecule has 0 aromatic carbocycles. The summed E-state index contributed by atoms with van der Waals surface area (Å²) >= 11 is 0. The summed E-state index contributed by atoms with van der Waals surface area (Å²) in [7, 11) is 0. The third-order valence-electron chi connectivity index (χ3n) is 6.46. The van der Waals surface area contributed by atoms with E-state index in [1.165, 1.54) is 0 Å². The number of rotatable bonds is 12. The van der Waals surface area contributed by atoms with E-state index < -0.39 is 16.2 Å². The van der Waals surface area contributed by atoms with E-state index in [0.29, 0.717) is 13.2 Å². The molecule has 0 spiro atoms. The van der Waals surface area contributed by atoms with E-state index in [9.17, 15) is 9.59 Å². The van der Waals surface area contributed by atoms with Gasteiger partial charge in [-0.05, 0) is 35.0 Å². The molecule has 0 radical (unpaired) electrons. The van der Waals surface area contributed by atoms with Gasteiger partial charge in [0.2, 0.25) is 0 Å². The van der Waals surface area contributed by atoms with Crippen LogP contribution in [0.2, 0.25) is 0 Å². The lowest BCUT2D eigenvalue weighted by molar-refractivity contribution is -0.192. The van der Waals surface area contributed by atoms with Crippen LogP contribution in [0.5, 0.6) is 0 Å². The molecule has 0 saturated heterocycles. The quantitative estimate of drug-likeness (QED) is 0.364. The van der Waals surface area contributed by atoms with E-state index in [-0.39, 0.29) is 36.1 Å². The first-order valence-electron chi connectivity index (χ1n) is 11.0.